The summed E-state index contributed by atoms with van der Waals surface area (Å²) in [6.07, 6.45) is 6.46. The summed E-state index contributed by atoms with van der Waals surface area (Å²) >= 11 is 0. The van der Waals surface area contributed by atoms with Gasteiger partial charge in [0.15, 0.2) is 0 Å². The molecule has 18 heavy (non-hydrogen) atoms. The van der Waals surface area contributed by atoms with Crippen molar-refractivity contribution >= 4 is 5.91 Å². The Morgan fingerprint density at radius 1 is 1.56 bits per heavy atom. The number of carbonyl (C=O) groups is 1. The third kappa shape index (κ3) is 2.41. The third-order valence-electron chi connectivity index (χ3n) is 3.73. The van der Waals surface area contributed by atoms with Crippen LogP contribution < -0.4 is 0 Å². The highest BCUT2D eigenvalue weighted by atomic mass is 16.3. The summed E-state index contributed by atoms with van der Waals surface area (Å²) in [5.74, 6) is -0.0641. The number of aliphatic hydroxyl groups is 1. The first-order valence-electron chi connectivity index (χ1n) is 6.55. The highest BCUT2D eigenvalue weighted by Gasteiger charge is 2.23. The van der Waals surface area contributed by atoms with Crippen LogP contribution in [0.15, 0.2) is 6.20 Å². The van der Waals surface area contributed by atoms with E-state index in [1.165, 1.54) is 17.7 Å². The molecule has 0 aromatic carbocycles. The molecular formula is C13H21N3O2. The van der Waals surface area contributed by atoms with Gasteiger partial charge in [-0.15, -0.1) is 0 Å². The minimum absolute atomic E-state index is 0.0158. The molecule has 0 bridgehead atoms. The van der Waals surface area contributed by atoms with Crippen molar-refractivity contribution in [2.75, 3.05) is 20.2 Å². The summed E-state index contributed by atoms with van der Waals surface area (Å²) in [4.78, 5) is 13.7. The van der Waals surface area contributed by atoms with Crippen LogP contribution in [0.2, 0.25) is 0 Å². The minimum Gasteiger partial charge on any atom is -0.395 e. The van der Waals surface area contributed by atoms with Gasteiger partial charge >= 0.3 is 0 Å². The van der Waals surface area contributed by atoms with Gasteiger partial charge in [-0.05, 0) is 19.8 Å². The first-order valence-corrected chi connectivity index (χ1v) is 6.55. The van der Waals surface area contributed by atoms with Gasteiger partial charge in [0.25, 0.3) is 5.91 Å². The maximum atomic E-state index is 12.1. The SMILES string of the molecule is Cc1c(C(=O)N(C)CCO)cnn1C1CCCC1. The van der Waals surface area contributed by atoms with Crippen molar-refractivity contribution in [3.05, 3.63) is 17.5 Å². The molecule has 0 radical (unpaired) electrons. The van der Waals surface area contributed by atoms with Crippen LogP contribution in [0.1, 0.15) is 47.8 Å². The van der Waals surface area contributed by atoms with Gasteiger partial charge in [-0.2, -0.15) is 5.10 Å². The molecule has 100 valence electrons. The number of aliphatic hydroxyl groups excluding tert-OH is 1. The molecule has 1 fully saturated rings. The fourth-order valence-electron chi connectivity index (χ4n) is 2.61. The molecule has 5 nitrogen and oxygen atoms in total. The van der Waals surface area contributed by atoms with Crippen LogP contribution in [0.5, 0.6) is 0 Å². The maximum Gasteiger partial charge on any atom is 0.257 e. The second kappa shape index (κ2) is 5.52. The van der Waals surface area contributed by atoms with Gasteiger partial charge in [-0.1, -0.05) is 12.8 Å². The third-order valence-corrected chi connectivity index (χ3v) is 3.73. The van der Waals surface area contributed by atoms with Crippen LogP contribution in [0.3, 0.4) is 0 Å². The van der Waals surface area contributed by atoms with E-state index in [2.05, 4.69) is 5.10 Å². The second-order valence-corrected chi connectivity index (χ2v) is 4.98. The summed E-state index contributed by atoms with van der Waals surface area (Å²) < 4.78 is 1.99. The molecule has 0 spiro atoms. The molecule has 0 saturated heterocycles. The van der Waals surface area contributed by atoms with E-state index in [1.807, 2.05) is 11.6 Å². The van der Waals surface area contributed by atoms with E-state index in [9.17, 15) is 4.79 Å². The molecule has 5 heteroatoms. The molecule has 1 heterocycles. The van der Waals surface area contributed by atoms with Gasteiger partial charge < -0.3 is 10.0 Å². The Labute approximate surface area is 107 Å². The molecule has 1 aliphatic rings. The van der Waals surface area contributed by atoms with Crippen molar-refractivity contribution in [2.24, 2.45) is 0 Å². The molecule has 1 N–H and O–H groups in total. The number of carbonyl (C=O) groups excluding carboxylic acids is 1. The Hall–Kier alpha value is -1.36. The average molecular weight is 251 g/mol. The van der Waals surface area contributed by atoms with Gasteiger partial charge in [0.1, 0.15) is 0 Å². The van der Waals surface area contributed by atoms with Gasteiger partial charge in [0.2, 0.25) is 0 Å². The molecule has 1 aromatic heterocycles. The Balaban J connectivity index is 2.17. The Morgan fingerprint density at radius 2 is 2.22 bits per heavy atom. The number of rotatable bonds is 4. The zero-order chi connectivity index (χ0) is 13.1. The number of likely N-dealkylation sites (N-methyl/N-ethyl adjacent to an activating group) is 1. The van der Waals surface area contributed by atoms with E-state index in [0.717, 1.165) is 18.5 Å². The van der Waals surface area contributed by atoms with Crippen LogP contribution >= 0.6 is 0 Å². The van der Waals surface area contributed by atoms with Gasteiger partial charge in [-0.25, -0.2) is 0 Å². The second-order valence-electron chi connectivity index (χ2n) is 4.98. The lowest BCUT2D eigenvalue weighted by molar-refractivity contribution is 0.0766. The molecule has 0 unspecified atom stereocenters. The summed E-state index contributed by atoms with van der Waals surface area (Å²) in [5.41, 5.74) is 1.59. The summed E-state index contributed by atoms with van der Waals surface area (Å²) in [7, 11) is 1.70. The number of hydrogen-bond donors (Lipinski definition) is 1. The number of hydrogen-bond acceptors (Lipinski definition) is 3. The van der Waals surface area contributed by atoms with Gasteiger partial charge in [0.05, 0.1) is 24.4 Å². The zero-order valence-electron chi connectivity index (χ0n) is 11.1. The van der Waals surface area contributed by atoms with E-state index in [1.54, 1.807) is 13.2 Å². The number of aromatic nitrogens is 2. The van der Waals surface area contributed by atoms with Crippen molar-refractivity contribution in [1.82, 2.24) is 14.7 Å². The Bertz CT molecular complexity index is 422. The smallest absolute Gasteiger partial charge is 0.257 e. The highest BCUT2D eigenvalue weighted by Crippen LogP contribution is 2.30. The quantitative estimate of drug-likeness (QED) is 0.879. The van der Waals surface area contributed by atoms with Crippen LogP contribution in [0, 0.1) is 6.92 Å². The molecule has 2 rings (SSSR count). The predicted molar refractivity (Wildman–Crippen MR) is 68.5 cm³/mol. The number of amides is 1. The van der Waals surface area contributed by atoms with Crippen molar-refractivity contribution in [1.29, 1.82) is 0 Å². The lowest BCUT2D eigenvalue weighted by Gasteiger charge is -2.16. The van der Waals surface area contributed by atoms with E-state index < -0.39 is 0 Å². The van der Waals surface area contributed by atoms with Crippen molar-refractivity contribution in [2.45, 2.75) is 38.6 Å². The van der Waals surface area contributed by atoms with Gasteiger partial charge in [-0.3, -0.25) is 9.48 Å². The Morgan fingerprint density at radius 3 is 2.83 bits per heavy atom. The molecule has 1 aliphatic carbocycles. The van der Waals surface area contributed by atoms with Crippen molar-refractivity contribution in [3.8, 4) is 0 Å². The standard InChI is InChI=1S/C13H21N3O2/c1-10-12(13(18)15(2)7-8-17)9-14-16(10)11-5-3-4-6-11/h9,11,17H,3-8H2,1-2H3. The first kappa shape index (κ1) is 13.1. The number of nitrogens with zero attached hydrogens (tertiary/aromatic N) is 3. The van der Waals surface area contributed by atoms with Crippen molar-refractivity contribution in [3.63, 3.8) is 0 Å². The fourth-order valence-corrected chi connectivity index (χ4v) is 2.61. The topological polar surface area (TPSA) is 58.4 Å². The summed E-state index contributed by atoms with van der Waals surface area (Å²) in [5, 5.41) is 13.2. The molecule has 1 aromatic rings. The predicted octanol–water partition coefficient (Wildman–Crippen LogP) is 1.37. The highest BCUT2D eigenvalue weighted by molar-refractivity contribution is 5.94. The first-order chi connectivity index (χ1) is 8.65. The fraction of sp³-hybridized carbons (Fsp3) is 0.692. The molecule has 0 aliphatic heterocycles. The normalized spacial score (nSPS) is 16.2. The van der Waals surface area contributed by atoms with Crippen molar-refractivity contribution < 1.29 is 9.90 Å². The maximum absolute atomic E-state index is 12.1. The van der Waals surface area contributed by atoms with E-state index in [0.29, 0.717) is 18.2 Å². The van der Waals surface area contributed by atoms with E-state index in [-0.39, 0.29) is 12.5 Å². The lowest BCUT2D eigenvalue weighted by Crippen LogP contribution is -2.29. The molecule has 0 atom stereocenters. The van der Waals surface area contributed by atoms with Crippen LogP contribution in [-0.4, -0.2) is 45.9 Å². The van der Waals surface area contributed by atoms with Gasteiger partial charge in [0, 0.05) is 19.3 Å². The van der Waals surface area contributed by atoms with E-state index in [4.69, 9.17) is 5.11 Å². The molecule has 1 amide bonds. The van der Waals surface area contributed by atoms with E-state index >= 15 is 0 Å². The lowest BCUT2D eigenvalue weighted by atomic mass is 10.2. The molecule has 1 saturated carbocycles. The summed E-state index contributed by atoms with van der Waals surface area (Å²) in [6.45, 7) is 2.29. The Kier molecular flexibility index (Phi) is 4.01. The monoisotopic (exact) mass is 251 g/mol. The zero-order valence-corrected chi connectivity index (χ0v) is 11.1. The van der Waals surface area contributed by atoms with Crippen LogP contribution in [0.4, 0.5) is 0 Å². The summed E-state index contributed by atoms with van der Waals surface area (Å²) in [6, 6.07) is 0.453. The van der Waals surface area contributed by atoms with Crippen LogP contribution in [0.25, 0.3) is 0 Å². The average Bonchev–Trinajstić information content (AvgIpc) is 2.97. The molecular weight excluding hydrogens is 230 g/mol. The largest absolute Gasteiger partial charge is 0.395 e. The minimum atomic E-state index is -0.0641. The van der Waals surface area contributed by atoms with Crippen LogP contribution in [-0.2, 0) is 0 Å².